The fourth-order valence-corrected chi connectivity index (χ4v) is 2.64. The van der Waals surface area contributed by atoms with Gasteiger partial charge < -0.3 is 0 Å². The molecular weight excluding hydrogens is 408 g/mol. The monoisotopic (exact) mass is 432 g/mol. The van der Waals surface area contributed by atoms with Crippen LogP contribution in [0.2, 0.25) is 13.1 Å². The fourth-order valence-electron chi connectivity index (χ4n) is 2.64. The van der Waals surface area contributed by atoms with Gasteiger partial charge in [0.15, 0.2) is 0 Å². The van der Waals surface area contributed by atoms with Crippen LogP contribution in [0.3, 0.4) is 0 Å². The van der Waals surface area contributed by atoms with Gasteiger partial charge in [0.2, 0.25) is 0 Å². The molecule has 0 bridgehead atoms. The van der Waals surface area contributed by atoms with E-state index < -0.39 is 0 Å². The Balaban J connectivity index is 0.000000185. The van der Waals surface area contributed by atoms with Gasteiger partial charge in [0.25, 0.3) is 0 Å². The summed E-state index contributed by atoms with van der Waals surface area (Å²) >= 11 is 1.74. The molecule has 4 rings (SSSR count). The minimum atomic E-state index is 0.210. The maximum atomic E-state index is 3.12. The summed E-state index contributed by atoms with van der Waals surface area (Å²) in [5.74, 6) is 0. The van der Waals surface area contributed by atoms with Gasteiger partial charge in [-0.25, -0.2) is 11.6 Å². The van der Waals surface area contributed by atoms with E-state index in [1.54, 1.807) is 23.3 Å². The van der Waals surface area contributed by atoms with E-state index in [0.717, 1.165) is 6.42 Å². The Hall–Kier alpha value is -1.37. The van der Waals surface area contributed by atoms with Gasteiger partial charge in [-0.05, 0) is 0 Å². The standard InChI is InChI=1S/C15H11.C7H9.C2H6Si.Zr/c1-2-6-12(7-3-1)15-11-10-13-8-4-5-9-14(13)15;1-6-4-3-5-7(6)2;1-3-2;/h1-11H;4H,5H2,1-2H3;1-2H3;/q2*-1;;+2. The topological polar surface area (TPSA) is 0 Å². The van der Waals surface area contributed by atoms with Crippen LogP contribution in [0.4, 0.5) is 0 Å². The summed E-state index contributed by atoms with van der Waals surface area (Å²) in [4.78, 5) is 0. The molecule has 1 aliphatic rings. The molecule has 0 fully saturated rings. The van der Waals surface area contributed by atoms with E-state index in [9.17, 15) is 0 Å². The first kappa shape index (κ1) is 20.9. The Bertz CT molecular complexity index is 910. The number of benzene rings is 2. The Labute approximate surface area is 173 Å². The third-order valence-electron chi connectivity index (χ3n) is 4.12. The number of hydrogen-bond donors (Lipinski definition) is 0. The van der Waals surface area contributed by atoms with Crippen LogP contribution in [0.25, 0.3) is 21.9 Å². The summed E-state index contributed by atoms with van der Waals surface area (Å²) in [6.07, 6.45) is 6.22. The normalized spacial score (nSPS) is 12.4. The van der Waals surface area contributed by atoms with Crippen molar-refractivity contribution in [2.45, 2.75) is 33.4 Å². The summed E-state index contributed by atoms with van der Waals surface area (Å²) < 4.78 is 0. The van der Waals surface area contributed by atoms with Gasteiger partial charge >= 0.3 is 41.9 Å². The van der Waals surface area contributed by atoms with Crippen LogP contribution in [-0.2, 0) is 23.3 Å². The molecule has 0 N–H and O–H groups in total. The first-order valence-corrected chi connectivity index (χ1v) is 15.1. The molecule has 0 spiro atoms. The van der Waals surface area contributed by atoms with Crippen molar-refractivity contribution in [3.63, 3.8) is 0 Å². The second-order valence-electron chi connectivity index (χ2n) is 6.69. The van der Waals surface area contributed by atoms with Crippen molar-refractivity contribution >= 4 is 16.2 Å². The molecule has 0 heterocycles. The van der Waals surface area contributed by atoms with Gasteiger partial charge in [-0.15, -0.1) is 60.0 Å². The average Bonchev–Trinajstić information content (AvgIpc) is 3.22. The SMILES string of the molecule is CC1=C(C)C[C-]=C1.C[Si](C)=[Zr+2].c1ccc(-c2c[cH-]c3ccccc23)cc1. The van der Waals surface area contributed by atoms with Crippen LogP contribution in [0.5, 0.6) is 0 Å². The molecule has 2 heteroatoms. The molecule has 0 atom stereocenters. The van der Waals surface area contributed by atoms with Crippen LogP contribution in [0, 0.1) is 6.08 Å². The van der Waals surface area contributed by atoms with Crippen molar-refractivity contribution in [3.05, 3.63) is 90.0 Å². The zero-order valence-electron chi connectivity index (χ0n) is 16.1. The number of allylic oxidation sites excluding steroid dienone is 4. The molecule has 0 radical (unpaired) electrons. The van der Waals surface area contributed by atoms with Gasteiger partial charge in [-0.2, -0.15) is 5.57 Å². The quantitative estimate of drug-likeness (QED) is 0.284. The third kappa shape index (κ3) is 6.41. The molecule has 0 aliphatic heterocycles. The van der Waals surface area contributed by atoms with Crippen LogP contribution in [-0.4, -0.2) is 5.43 Å². The zero-order valence-corrected chi connectivity index (χ0v) is 19.6. The molecule has 3 aromatic carbocycles. The Morgan fingerprint density at radius 3 is 2.12 bits per heavy atom. The maximum absolute atomic E-state index is 3.12. The molecule has 0 aromatic heterocycles. The van der Waals surface area contributed by atoms with E-state index in [1.807, 2.05) is 0 Å². The van der Waals surface area contributed by atoms with Crippen molar-refractivity contribution in [3.8, 4) is 11.1 Å². The van der Waals surface area contributed by atoms with E-state index >= 15 is 0 Å². The Morgan fingerprint density at radius 2 is 1.58 bits per heavy atom. The third-order valence-corrected chi connectivity index (χ3v) is 4.12. The molecule has 3 aromatic rings. The predicted octanol–water partition coefficient (Wildman–Crippen LogP) is 7.10. The first-order chi connectivity index (χ1) is 12.5. The van der Waals surface area contributed by atoms with Gasteiger partial charge in [0.05, 0.1) is 0 Å². The van der Waals surface area contributed by atoms with E-state index in [2.05, 4.69) is 106 Å². The van der Waals surface area contributed by atoms with Gasteiger partial charge in [0.1, 0.15) is 0 Å². The first-order valence-electron chi connectivity index (χ1n) is 8.93. The zero-order chi connectivity index (χ0) is 18.9. The van der Waals surface area contributed by atoms with Crippen LogP contribution in [0.1, 0.15) is 20.3 Å². The Morgan fingerprint density at radius 1 is 0.962 bits per heavy atom. The van der Waals surface area contributed by atoms with Gasteiger partial charge in [0, 0.05) is 0 Å². The maximum Gasteiger partial charge on any atom is -0.0623 e. The molecule has 0 unspecified atom stereocenters. The van der Waals surface area contributed by atoms with E-state index in [4.69, 9.17) is 0 Å². The van der Waals surface area contributed by atoms with Crippen molar-refractivity contribution in [1.29, 1.82) is 0 Å². The molecule has 0 saturated carbocycles. The summed E-state index contributed by atoms with van der Waals surface area (Å²) in [7, 11) is 0. The van der Waals surface area contributed by atoms with Crippen LogP contribution in [0.15, 0.2) is 84.0 Å². The molecule has 130 valence electrons. The molecule has 0 saturated heterocycles. The number of fused-ring (bicyclic) bond motifs is 1. The second kappa shape index (κ2) is 10.7. The van der Waals surface area contributed by atoms with Crippen molar-refractivity contribution in [1.82, 2.24) is 0 Å². The van der Waals surface area contributed by atoms with Gasteiger partial charge in [-0.3, -0.25) is 6.08 Å². The summed E-state index contributed by atoms with van der Waals surface area (Å²) in [5.41, 5.74) is 5.67. The van der Waals surface area contributed by atoms with E-state index in [-0.39, 0.29) is 5.43 Å². The van der Waals surface area contributed by atoms with Crippen LogP contribution < -0.4 is 0 Å². The predicted molar refractivity (Wildman–Crippen MR) is 113 cm³/mol. The van der Waals surface area contributed by atoms with Crippen molar-refractivity contribution in [2.24, 2.45) is 0 Å². The van der Waals surface area contributed by atoms with Crippen LogP contribution >= 0.6 is 0 Å². The smallest absolute Gasteiger partial charge is 0.0623 e. The van der Waals surface area contributed by atoms with E-state index in [1.165, 1.54) is 33.0 Å². The second-order valence-corrected chi connectivity index (χ2v) is 16.1. The minimum Gasteiger partial charge on any atom is -0.150 e. The average molecular weight is 434 g/mol. The minimum absolute atomic E-state index is 0.210. The number of hydrogen-bond acceptors (Lipinski definition) is 0. The molecule has 0 amide bonds. The summed E-state index contributed by atoms with van der Waals surface area (Å²) in [6.45, 7) is 8.88. The molecule has 26 heavy (non-hydrogen) atoms. The largest absolute Gasteiger partial charge is 0.150 e. The summed E-state index contributed by atoms with van der Waals surface area (Å²) in [5, 5.41) is 2.65. The molecule has 0 nitrogen and oxygen atoms in total. The molecule has 1 aliphatic carbocycles. The van der Waals surface area contributed by atoms with Crippen molar-refractivity contribution in [2.75, 3.05) is 0 Å². The number of rotatable bonds is 1. The Kier molecular flexibility index (Phi) is 8.62. The van der Waals surface area contributed by atoms with E-state index in [0.29, 0.717) is 0 Å². The van der Waals surface area contributed by atoms with Gasteiger partial charge in [-0.1, -0.05) is 48.9 Å². The summed E-state index contributed by atoms with van der Waals surface area (Å²) in [6, 6.07) is 23.4. The molecular formula is C24H26SiZr. The fraction of sp³-hybridized carbons (Fsp3) is 0.208. The van der Waals surface area contributed by atoms with Crippen molar-refractivity contribution < 1.29 is 23.3 Å².